The summed E-state index contributed by atoms with van der Waals surface area (Å²) in [4.78, 5) is 14.6. The first kappa shape index (κ1) is 20.3. The van der Waals surface area contributed by atoms with E-state index in [1.165, 1.54) is 12.1 Å². The molecule has 2 aromatic rings. The molecule has 1 heterocycles. The summed E-state index contributed by atoms with van der Waals surface area (Å²) in [7, 11) is -0.224. The van der Waals surface area contributed by atoms with E-state index in [0.29, 0.717) is 25.3 Å². The highest BCUT2D eigenvalue weighted by Gasteiger charge is 2.18. The maximum atomic E-state index is 12.6. The summed E-state index contributed by atoms with van der Waals surface area (Å²) in [5.74, 6) is 0.0316. The van der Waals surface area contributed by atoms with Crippen LogP contribution in [0.15, 0.2) is 35.2 Å². The van der Waals surface area contributed by atoms with Crippen LogP contribution in [0.3, 0.4) is 0 Å². The van der Waals surface area contributed by atoms with Crippen molar-refractivity contribution < 1.29 is 17.9 Å². The topological polar surface area (TPSA) is 94.6 Å². The van der Waals surface area contributed by atoms with Crippen molar-refractivity contribution in [1.82, 2.24) is 9.47 Å². The van der Waals surface area contributed by atoms with Crippen LogP contribution in [-0.2, 0) is 14.8 Å². The molecule has 8 heteroatoms. The molecular weight excluding hydrogens is 354 g/mol. The Balaban J connectivity index is 2.29. The van der Waals surface area contributed by atoms with Gasteiger partial charge in [-0.15, -0.1) is 0 Å². The summed E-state index contributed by atoms with van der Waals surface area (Å²) in [5.41, 5.74) is 3.14. The summed E-state index contributed by atoms with van der Waals surface area (Å²) in [6, 6.07) is 8.14. The van der Waals surface area contributed by atoms with Crippen LogP contribution >= 0.6 is 0 Å². The molecule has 0 saturated carbocycles. The van der Waals surface area contributed by atoms with Crippen LogP contribution in [0.1, 0.15) is 21.7 Å². The van der Waals surface area contributed by atoms with Crippen LogP contribution in [-0.4, -0.2) is 57.5 Å². The lowest BCUT2D eigenvalue weighted by atomic mass is 10.1. The van der Waals surface area contributed by atoms with E-state index in [2.05, 4.69) is 0 Å². The molecule has 0 aliphatic carbocycles. The number of aromatic nitrogens is 1. The first-order valence-electron chi connectivity index (χ1n) is 8.18. The fourth-order valence-corrected chi connectivity index (χ4v) is 3.40. The van der Waals surface area contributed by atoms with Crippen molar-refractivity contribution in [2.75, 3.05) is 33.9 Å². The number of benzene rings is 1. The minimum atomic E-state index is -3.73. The van der Waals surface area contributed by atoms with Crippen LogP contribution < -0.4 is 5.14 Å². The largest absolute Gasteiger partial charge is 0.383 e. The van der Waals surface area contributed by atoms with Crippen molar-refractivity contribution in [3.05, 3.63) is 47.3 Å². The molecule has 0 spiro atoms. The highest BCUT2D eigenvalue weighted by Crippen LogP contribution is 2.22. The van der Waals surface area contributed by atoms with Crippen molar-refractivity contribution in [3.63, 3.8) is 0 Å². The number of ether oxygens (including phenoxy) is 1. The molecule has 0 aliphatic rings. The molecule has 0 saturated heterocycles. The molecule has 0 radical (unpaired) electrons. The molecule has 1 aromatic heterocycles. The Morgan fingerprint density at radius 3 is 2.38 bits per heavy atom. The Labute approximate surface area is 154 Å². The van der Waals surface area contributed by atoms with Crippen LogP contribution in [0.2, 0.25) is 0 Å². The average molecular weight is 379 g/mol. The highest BCUT2D eigenvalue weighted by atomic mass is 32.2. The number of carbonyl (C=O) groups excluding carboxylic acids is 1. The van der Waals surface area contributed by atoms with Gasteiger partial charge in [-0.05, 0) is 51.2 Å². The monoisotopic (exact) mass is 379 g/mol. The number of nitrogens with zero attached hydrogens (tertiary/aromatic N) is 2. The summed E-state index contributed by atoms with van der Waals surface area (Å²) in [6.07, 6.45) is 0. The van der Waals surface area contributed by atoms with Gasteiger partial charge in [-0.25, -0.2) is 13.6 Å². The second kappa shape index (κ2) is 8.13. The smallest absolute Gasteiger partial charge is 0.238 e. The van der Waals surface area contributed by atoms with E-state index in [1.807, 2.05) is 36.4 Å². The first-order valence-corrected chi connectivity index (χ1v) is 9.72. The molecule has 2 N–H and O–H groups in total. The predicted molar refractivity (Wildman–Crippen MR) is 100 cm³/mol. The number of methoxy groups -OCH3 is 1. The molecule has 0 atom stereocenters. The van der Waals surface area contributed by atoms with E-state index in [0.717, 1.165) is 17.1 Å². The summed E-state index contributed by atoms with van der Waals surface area (Å²) in [5, 5.41) is 5.14. The molecule has 0 bridgehead atoms. The third kappa shape index (κ3) is 4.59. The van der Waals surface area contributed by atoms with Gasteiger partial charge in [0.05, 0.1) is 18.0 Å². The van der Waals surface area contributed by atoms with Gasteiger partial charge in [0.1, 0.15) is 0 Å². The van der Waals surface area contributed by atoms with Gasteiger partial charge < -0.3 is 9.30 Å². The molecule has 0 fully saturated rings. The number of hydrogen-bond donors (Lipinski definition) is 1. The van der Waals surface area contributed by atoms with E-state index in [1.54, 1.807) is 19.2 Å². The molecule has 2 rings (SSSR count). The zero-order valence-electron chi connectivity index (χ0n) is 15.5. The van der Waals surface area contributed by atoms with Crippen LogP contribution in [0.25, 0.3) is 5.69 Å². The van der Waals surface area contributed by atoms with Gasteiger partial charge in [-0.3, -0.25) is 9.69 Å². The van der Waals surface area contributed by atoms with Gasteiger partial charge in [-0.2, -0.15) is 0 Å². The average Bonchev–Trinajstić information content (AvgIpc) is 2.87. The van der Waals surface area contributed by atoms with E-state index in [9.17, 15) is 13.2 Å². The second-order valence-electron chi connectivity index (χ2n) is 6.31. The third-order valence-corrected chi connectivity index (χ3v) is 5.17. The summed E-state index contributed by atoms with van der Waals surface area (Å²) in [6.45, 7) is 5.34. The van der Waals surface area contributed by atoms with Gasteiger partial charge in [-0.1, -0.05) is 0 Å². The van der Waals surface area contributed by atoms with Gasteiger partial charge >= 0.3 is 0 Å². The fourth-order valence-electron chi connectivity index (χ4n) is 2.88. The van der Waals surface area contributed by atoms with Gasteiger partial charge in [0.15, 0.2) is 5.78 Å². The molecule has 26 heavy (non-hydrogen) atoms. The van der Waals surface area contributed by atoms with Crippen molar-refractivity contribution in [3.8, 4) is 5.69 Å². The number of primary sulfonamides is 1. The van der Waals surface area contributed by atoms with Crippen molar-refractivity contribution >= 4 is 15.8 Å². The molecule has 0 unspecified atom stereocenters. The number of sulfonamides is 1. The Morgan fingerprint density at radius 2 is 1.85 bits per heavy atom. The highest BCUT2D eigenvalue weighted by molar-refractivity contribution is 7.89. The third-order valence-electron chi connectivity index (χ3n) is 4.25. The first-order chi connectivity index (χ1) is 12.1. The second-order valence-corrected chi connectivity index (χ2v) is 7.87. The van der Waals surface area contributed by atoms with E-state index in [-0.39, 0.29) is 10.7 Å². The maximum Gasteiger partial charge on any atom is 0.238 e. The van der Waals surface area contributed by atoms with Gasteiger partial charge in [0.25, 0.3) is 0 Å². The van der Waals surface area contributed by atoms with Crippen LogP contribution in [0, 0.1) is 13.8 Å². The van der Waals surface area contributed by atoms with Crippen molar-refractivity contribution in [2.24, 2.45) is 5.14 Å². The lowest BCUT2D eigenvalue weighted by Gasteiger charge is -2.15. The zero-order valence-corrected chi connectivity index (χ0v) is 16.3. The molecule has 7 nitrogen and oxygen atoms in total. The Bertz CT molecular complexity index is 886. The summed E-state index contributed by atoms with van der Waals surface area (Å²) < 4.78 is 29.8. The number of aryl methyl sites for hydroxylation is 1. The number of rotatable bonds is 8. The maximum absolute atomic E-state index is 12.6. The molecule has 142 valence electrons. The molecule has 1 aromatic carbocycles. The lowest BCUT2D eigenvalue weighted by Crippen LogP contribution is -2.29. The number of carbonyl (C=O) groups is 1. The van der Waals surface area contributed by atoms with E-state index in [4.69, 9.17) is 9.88 Å². The minimum Gasteiger partial charge on any atom is -0.383 e. The Kier molecular flexibility index (Phi) is 6.35. The van der Waals surface area contributed by atoms with Gasteiger partial charge in [0.2, 0.25) is 10.0 Å². The Morgan fingerprint density at radius 1 is 1.23 bits per heavy atom. The standard InChI is InChI=1S/C18H25N3O4S/c1-13-11-17(18(22)12-20(3)9-10-25-4)14(2)21(13)15-5-7-16(8-6-15)26(19,23)24/h5-8,11H,9-10,12H2,1-4H3,(H2,19,23,24). The number of Topliss-reactive ketones (excluding diaryl/α,β-unsaturated/α-hetero) is 1. The van der Waals surface area contributed by atoms with E-state index >= 15 is 0 Å². The molecular formula is C18H25N3O4S. The number of ketones is 1. The van der Waals surface area contributed by atoms with Gasteiger partial charge in [0, 0.05) is 36.3 Å². The van der Waals surface area contributed by atoms with Crippen molar-refractivity contribution in [1.29, 1.82) is 0 Å². The predicted octanol–water partition coefficient (Wildman–Crippen LogP) is 1.50. The minimum absolute atomic E-state index is 0.0316. The SMILES string of the molecule is COCCN(C)CC(=O)c1cc(C)n(-c2ccc(S(N)(=O)=O)cc2)c1C. The number of likely N-dealkylation sites (N-methyl/N-ethyl adjacent to an activating group) is 1. The number of hydrogen-bond acceptors (Lipinski definition) is 5. The number of nitrogens with two attached hydrogens (primary N) is 1. The normalized spacial score (nSPS) is 11.9. The van der Waals surface area contributed by atoms with E-state index < -0.39 is 10.0 Å². The molecule has 0 amide bonds. The lowest BCUT2D eigenvalue weighted by molar-refractivity contribution is 0.0922. The van der Waals surface area contributed by atoms with Crippen LogP contribution in [0.5, 0.6) is 0 Å². The Hall–Kier alpha value is -2.00. The fraction of sp³-hybridized carbons (Fsp3) is 0.389. The van der Waals surface area contributed by atoms with Crippen LogP contribution in [0.4, 0.5) is 0 Å². The van der Waals surface area contributed by atoms with Crippen molar-refractivity contribution in [2.45, 2.75) is 18.7 Å². The molecule has 0 aliphatic heterocycles. The zero-order chi connectivity index (χ0) is 19.5. The summed E-state index contributed by atoms with van der Waals surface area (Å²) >= 11 is 0. The quantitative estimate of drug-likeness (QED) is 0.702.